The van der Waals surface area contributed by atoms with Gasteiger partial charge in [0.15, 0.2) is 5.79 Å². The standard InChI is InChI=1S/C17H34O4/c1-5-6-7-8-9-10-11-16(14(2)18)19-12-15-13-20-17(3,4)21-15/h14-16,18H,5-13H2,1-4H3. The fourth-order valence-electron chi connectivity index (χ4n) is 2.67. The summed E-state index contributed by atoms with van der Waals surface area (Å²) in [7, 11) is 0. The Morgan fingerprint density at radius 1 is 1.19 bits per heavy atom. The molecular formula is C17H34O4. The normalized spacial score (nSPS) is 24.1. The van der Waals surface area contributed by atoms with E-state index in [-0.39, 0.29) is 12.2 Å². The van der Waals surface area contributed by atoms with Crippen LogP contribution in [0.2, 0.25) is 0 Å². The van der Waals surface area contributed by atoms with Crippen LogP contribution in [0, 0.1) is 0 Å². The third-order valence-electron chi connectivity index (χ3n) is 3.94. The Labute approximate surface area is 130 Å². The van der Waals surface area contributed by atoms with E-state index in [1.54, 1.807) is 6.92 Å². The highest BCUT2D eigenvalue weighted by molar-refractivity contribution is 4.72. The second-order valence-electron chi connectivity index (χ2n) is 6.62. The Morgan fingerprint density at radius 2 is 1.86 bits per heavy atom. The molecule has 1 fully saturated rings. The summed E-state index contributed by atoms with van der Waals surface area (Å²) in [6.45, 7) is 8.92. The summed E-state index contributed by atoms with van der Waals surface area (Å²) < 4.78 is 17.1. The third kappa shape index (κ3) is 8.15. The second kappa shape index (κ2) is 9.78. The monoisotopic (exact) mass is 302 g/mol. The number of ether oxygens (including phenoxy) is 3. The molecule has 0 amide bonds. The van der Waals surface area contributed by atoms with E-state index in [0.29, 0.717) is 13.2 Å². The van der Waals surface area contributed by atoms with Crippen molar-refractivity contribution in [3.05, 3.63) is 0 Å². The molecule has 0 saturated carbocycles. The highest BCUT2D eigenvalue weighted by Gasteiger charge is 2.33. The summed E-state index contributed by atoms with van der Waals surface area (Å²) >= 11 is 0. The Balaban J connectivity index is 2.15. The van der Waals surface area contributed by atoms with Crippen molar-refractivity contribution in [2.24, 2.45) is 0 Å². The molecule has 21 heavy (non-hydrogen) atoms. The minimum atomic E-state index is -0.506. The van der Waals surface area contributed by atoms with E-state index < -0.39 is 11.9 Å². The molecule has 3 unspecified atom stereocenters. The van der Waals surface area contributed by atoms with Crippen molar-refractivity contribution in [1.82, 2.24) is 0 Å². The first-order valence-electron chi connectivity index (χ1n) is 8.56. The van der Waals surface area contributed by atoms with E-state index in [1.807, 2.05) is 13.8 Å². The number of hydrogen-bond donors (Lipinski definition) is 1. The lowest BCUT2D eigenvalue weighted by molar-refractivity contribution is -0.151. The molecule has 1 aliphatic rings. The first-order valence-corrected chi connectivity index (χ1v) is 8.56. The Bertz CT molecular complexity index is 266. The Hall–Kier alpha value is -0.160. The molecule has 0 aliphatic carbocycles. The van der Waals surface area contributed by atoms with Crippen LogP contribution in [0.3, 0.4) is 0 Å². The average molecular weight is 302 g/mol. The molecule has 1 saturated heterocycles. The van der Waals surface area contributed by atoms with Gasteiger partial charge in [0, 0.05) is 0 Å². The summed E-state index contributed by atoms with van der Waals surface area (Å²) in [4.78, 5) is 0. The zero-order valence-electron chi connectivity index (χ0n) is 14.3. The molecule has 1 N–H and O–H groups in total. The molecule has 4 heteroatoms. The third-order valence-corrected chi connectivity index (χ3v) is 3.94. The summed E-state index contributed by atoms with van der Waals surface area (Å²) in [6, 6.07) is 0. The second-order valence-corrected chi connectivity index (χ2v) is 6.62. The van der Waals surface area contributed by atoms with Gasteiger partial charge in [0.2, 0.25) is 0 Å². The largest absolute Gasteiger partial charge is 0.391 e. The van der Waals surface area contributed by atoms with Crippen LogP contribution in [0.5, 0.6) is 0 Å². The van der Waals surface area contributed by atoms with Gasteiger partial charge in [-0.25, -0.2) is 0 Å². The first kappa shape index (κ1) is 18.9. The van der Waals surface area contributed by atoms with Gasteiger partial charge in [-0.15, -0.1) is 0 Å². The van der Waals surface area contributed by atoms with E-state index in [2.05, 4.69) is 6.92 Å². The van der Waals surface area contributed by atoms with Crippen molar-refractivity contribution in [1.29, 1.82) is 0 Å². The molecule has 126 valence electrons. The van der Waals surface area contributed by atoms with Crippen LogP contribution in [-0.4, -0.2) is 42.4 Å². The van der Waals surface area contributed by atoms with E-state index in [9.17, 15) is 5.11 Å². The molecule has 0 aromatic carbocycles. The zero-order valence-corrected chi connectivity index (χ0v) is 14.3. The number of aliphatic hydroxyl groups excluding tert-OH is 1. The molecule has 1 rings (SSSR count). The fraction of sp³-hybridized carbons (Fsp3) is 1.00. The molecule has 0 spiro atoms. The molecule has 0 aromatic rings. The maximum absolute atomic E-state index is 9.83. The minimum absolute atomic E-state index is 0.0224. The van der Waals surface area contributed by atoms with Crippen LogP contribution in [0.25, 0.3) is 0 Å². The van der Waals surface area contributed by atoms with Crippen LogP contribution in [-0.2, 0) is 14.2 Å². The van der Waals surface area contributed by atoms with Gasteiger partial charge in [0.05, 0.1) is 25.4 Å². The topological polar surface area (TPSA) is 47.9 Å². The van der Waals surface area contributed by atoms with Crippen LogP contribution < -0.4 is 0 Å². The molecule has 0 bridgehead atoms. The molecule has 3 atom stereocenters. The van der Waals surface area contributed by atoms with Gasteiger partial charge in [-0.3, -0.25) is 0 Å². The van der Waals surface area contributed by atoms with Gasteiger partial charge in [-0.2, -0.15) is 0 Å². The quantitative estimate of drug-likeness (QED) is 0.592. The molecule has 1 heterocycles. The van der Waals surface area contributed by atoms with Crippen LogP contribution in [0.1, 0.15) is 72.6 Å². The predicted molar refractivity (Wildman–Crippen MR) is 84.3 cm³/mol. The highest BCUT2D eigenvalue weighted by atomic mass is 16.7. The average Bonchev–Trinajstić information content (AvgIpc) is 2.76. The summed E-state index contributed by atoms with van der Waals surface area (Å²) in [5, 5.41) is 9.83. The van der Waals surface area contributed by atoms with Crippen molar-refractivity contribution < 1.29 is 19.3 Å². The Morgan fingerprint density at radius 3 is 2.43 bits per heavy atom. The van der Waals surface area contributed by atoms with Crippen molar-refractivity contribution in [2.75, 3.05) is 13.2 Å². The van der Waals surface area contributed by atoms with Gasteiger partial charge < -0.3 is 19.3 Å². The van der Waals surface area contributed by atoms with Crippen molar-refractivity contribution in [3.63, 3.8) is 0 Å². The maximum atomic E-state index is 9.83. The van der Waals surface area contributed by atoms with Crippen molar-refractivity contribution in [2.45, 2.75) is 96.7 Å². The molecule has 0 radical (unpaired) electrons. The van der Waals surface area contributed by atoms with E-state index in [1.165, 1.54) is 32.1 Å². The van der Waals surface area contributed by atoms with E-state index >= 15 is 0 Å². The van der Waals surface area contributed by atoms with Crippen LogP contribution in [0.15, 0.2) is 0 Å². The van der Waals surface area contributed by atoms with Crippen molar-refractivity contribution in [3.8, 4) is 0 Å². The lowest BCUT2D eigenvalue weighted by Gasteiger charge is -2.23. The van der Waals surface area contributed by atoms with Gasteiger partial charge in [0.1, 0.15) is 6.10 Å². The summed E-state index contributed by atoms with van der Waals surface area (Å²) in [6.07, 6.45) is 7.92. The molecule has 1 aliphatic heterocycles. The van der Waals surface area contributed by atoms with E-state index in [4.69, 9.17) is 14.2 Å². The summed E-state index contributed by atoms with van der Waals surface area (Å²) in [5.74, 6) is -0.506. The lowest BCUT2D eigenvalue weighted by atomic mass is 10.0. The number of aliphatic hydroxyl groups is 1. The number of rotatable bonds is 11. The number of unbranched alkanes of at least 4 members (excludes halogenated alkanes) is 5. The van der Waals surface area contributed by atoms with Crippen molar-refractivity contribution >= 4 is 0 Å². The molecule has 0 aromatic heterocycles. The fourth-order valence-corrected chi connectivity index (χ4v) is 2.67. The van der Waals surface area contributed by atoms with Crippen LogP contribution in [0.4, 0.5) is 0 Å². The smallest absolute Gasteiger partial charge is 0.163 e. The minimum Gasteiger partial charge on any atom is -0.391 e. The zero-order chi connectivity index (χ0) is 15.7. The summed E-state index contributed by atoms with van der Waals surface area (Å²) in [5.41, 5.74) is 0. The first-order chi connectivity index (χ1) is 9.94. The van der Waals surface area contributed by atoms with Gasteiger partial charge in [-0.05, 0) is 27.2 Å². The molecular weight excluding hydrogens is 268 g/mol. The number of hydrogen-bond acceptors (Lipinski definition) is 4. The lowest BCUT2D eigenvalue weighted by Crippen LogP contribution is -2.31. The predicted octanol–water partition coefficient (Wildman–Crippen LogP) is 3.65. The maximum Gasteiger partial charge on any atom is 0.163 e. The van der Waals surface area contributed by atoms with Gasteiger partial charge in [-0.1, -0.05) is 45.4 Å². The molecule has 4 nitrogen and oxygen atoms in total. The van der Waals surface area contributed by atoms with E-state index in [0.717, 1.165) is 12.8 Å². The SMILES string of the molecule is CCCCCCCCC(OCC1COC(C)(C)O1)C(C)O. The van der Waals surface area contributed by atoms with Crippen LogP contribution >= 0.6 is 0 Å². The van der Waals surface area contributed by atoms with Gasteiger partial charge in [0.25, 0.3) is 0 Å². The highest BCUT2D eigenvalue weighted by Crippen LogP contribution is 2.23. The Kier molecular flexibility index (Phi) is 8.79. The van der Waals surface area contributed by atoms with Gasteiger partial charge >= 0.3 is 0 Å².